The number of rotatable bonds is 2. The van der Waals surface area contributed by atoms with Crippen molar-refractivity contribution in [1.29, 1.82) is 0 Å². The summed E-state index contributed by atoms with van der Waals surface area (Å²) in [6, 6.07) is 3.23. The predicted molar refractivity (Wildman–Crippen MR) is 62.5 cm³/mol. The summed E-state index contributed by atoms with van der Waals surface area (Å²) >= 11 is 3.33. The van der Waals surface area contributed by atoms with Crippen molar-refractivity contribution in [1.82, 2.24) is 0 Å². The van der Waals surface area contributed by atoms with E-state index in [1.165, 1.54) is 6.07 Å². The maximum Gasteiger partial charge on any atom is 0.152 e. The van der Waals surface area contributed by atoms with Crippen LogP contribution in [0.1, 0.15) is 10.4 Å². The summed E-state index contributed by atoms with van der Waals surface area (Å²) in [7, 11) is -1.75. The minimum absolute atomic E-state index is 0.144. The van der Waals surface area contributed by atoms with Crippen LogP contribution in [-0.2, 0) is 0 Å². The van der Waals surface area contributed by atoms with Crippen LogP contribution < -0.4 is 5.19 Å². The van der Waals surface area contributed by atoms with E-state index in [1.807, 2.05) is 19.6 Å². The van der Waals surface area contributed by atoms with E-state index in [9.17, 15) is 9.18 Å². The summed E-state index contributed by atoms with van der Waals surface area (Å²) in [5, 5.41) is 0.683. The molecule has 0 aromatic heterocycles. The first kappa shape index (κ1) is 11.6. The van der Waals surface area contributed by atoms with Gasteiger partial charge in [-0.15, -0.1) is 0 Å². The SMILES string of the molecule is C[Si](C)(C)c1c(Br)ccc(C=O)c1F. The van der Waals surface area contributed by atoms with Gasteiger partial charge in [0.25, 0.3) is 0 Å². The minimum Gasteiger partial charge on any atom is -0.298 e. The van der Waals surface area contributed by atoms with Gasteiger partial charge in [0.1, 0.15) is 5.82 Å². The summed E-state index contributed by atoms with van der Waals surface area (Å²) in [5.74, 6) is -0.367. The molecule has 0 heterocycles. The van der Waals surface area contributed by atoms with Gasteiger partial charge in [-0.2, -0.15) is 0 Å². The van der Waals surface area contributed by atoms with Gasteiger partial charge in [-0.05, 0) is 17.3 Å². The Balaban J connectivity index is 3.48. The lowest BCUT2D eigenvalue weighted by Crippen LogP contribution is -2.41. The molecule has 0 saturated heterocycles. The molecule has 0 aliphatic rings. The molecule has 0 aliphatic heterocycles. The first-order valence-corrected chi connectivity index (χ1v) is 8.61. The molecule has 0 unspecified atom stereocenters. The third kappa shape index (κ3) is 2.12. The highest BCUT2D eigenvalue weighted by Crippen LogP contribution is 2.17. The quantitative estimate of drug-likeness (QED) is 0.599. The third-order valence-electron chi connectivity index (χ3n) is 2.00. The van der Waals surface area contributed by atoms with Gasteiger partial charge < -0.3 is 0 Å². The van der Waals surface area contributed by atoms with E-state index >= 15 is 0 Å². The number of carbonyl (C=O) groups is 1. The van der Waals surface area contributed by atoms with Crippen LogP contribution in [0.25, 0.3) is 0 Å². The number of carbonyl (C=O) groups excluding carboxylic acids is 1. The van der Waals surface area contributed by atoms with E-state index in [2.05, 4.69) is 15.9 Å². The van der Waals surface area contributed by atoms with Crippen LogP contribution >= 0.6 is 15.9 Å². The number of aldehydes is 1. The van der Waals surface area contributed by atoms with Crippen molar-refractivity contribution < 1.29 is 9.18 Å². The number of hydrogen-bond acceptors (Lipinski definition) is 1. The Morgan fingerprint density at radius 1 is 1.36 bits per heavy atom. The van der Waals surface area contributed by atoms with Crippen molar-refractivity contribution >= 4 is 35.5 Å². The molecule has 0 spiro atoms. The second-order valence-corrected chi connectivity index (χ2v) is 10.0. The van der Waals surface area contributed by atoms with Crippen molar-refractivity contribution in [2.24, 2.45) is 0 Å². The Morgan fingerprint density at radius 2 is 1.93 bits per heavy atom. The first-order valence-electron chi connectivity index (χ1n) is 4.31. The standard InChI is InChI=1S/C10H12BrFOSi/c1-14(2,3)10-8(11)5-4-7(6-13)9(10)12/h4-6H,1-3H3. The van der Waals surface area contributed by atoms with E-state index in [0.717, 1.165) is 4.47 Å². The van der Waals surface area contributed by atoms with Crippen molar-refractivity contribution in [2.75, 3.05) is 0 Å². The van der Waals surface area contributed by atoms with Gasteiger partial charge >= 0.3 is 0 Å². The number of benzene rings is 1. The topological polar surface area (TPSA) is 17.1 Å². The molecule has 4 heteroatoms. The fraction of sp³-hybridized carbons (Fsp3) is 0.300. The molecule has 1 aromatic rings. The lowest BCUT2D eigenvalue weighted by atomic mass is 10.2. The zero-order chi connectivity index (χ0) is 10.9. The molecule has 0 bridgehead atoms. The molecule has 0 fully saturated rings. The molecule has 0 amide bonds. The van der Waals surface area contributed by atoms with E-state index in [-0.39, 0.29) is 11.4 Å². The van der Waals surface area contributed by atoms with Crippen molar-refractivity contribution in [2.45, 2.75) is 19.6 Å². The van der Waals surface area contributed by atoms with Gasteiger partial charge in [-0.1, -0.05) is 35.6 Å². The average Bonchev–Trinajstić information content (AvgIpc) is 2.02. The van der Waals surface area contributed by atoms with Crippen molar-refractivity contribution in [3.05, 3.63) is 28.0 Å². The third-order valence-corrected chi connectivity index (χ3v) is 5.01. The highest BCUT2D eigenvalue weighted by Gasteiger charge is 2.25. The molecule has 14 heavy (non-hydrogen) atoms. The second-order valence-electron chi connectivity index (χ2n) is 4.19. The first-order chi connectivity index (χ1) is 6.38. The zero-order valence-corrected chi connectivity index (χ0v) is 11.0. The molecule has 1 aromatic carbocycles. The van der Waals surface area contributed by atoms with E-state index < -0.39 is 8.07 Å². The normalized spacial score (nSPS) is 11.5. The molecular weight excluding hydrogens is 263 g/mol. The highest BCUT2D eigenvalue weighted by molar-refractivity contribution is 9.10. The average molecular weight is 275 g/mol. The summed E-state index contributed by atoms with van der Waals surface area (Å²) < 4.78 is 14.6. The van der Waals surface area contributed by atoms with Crippen LogP contribution in [-0.4, -0.2) is 14.4 Å². The lowest BCUT2D eigenvalue weighted by molar-refractivity contribution is 0.112. The Hall–Kier alpha value is -0.483. The number of hydrogen-bond donors (Lipinski definition) is 0. The van der Waals surface area contributed by atoms with Crippen LogP contribution in [0.5, 0.6) is 0 Å². The molecule has 0 saturated carbocycles. The van der Waals surface area contributed by atoms with Gasteiger partial charge in [-0.25, -0.2) is 4.39 Å². The fourth-order valence-corrected chi connectivity index (χ4v) is 5.04. The molecule has 0 N–H and O–H groups in total. The van der Waals surface area contributed by atoms with Crippen LogP contribution in [0.2, 0.25) is 19.6 Å². The predicted octanol–water partition coefficient (Wildman–Crippen LogP) is 2.95. The second kappa shape index (κ2) is 3.94. The monoisotopic (exact) mass is 274 g/mol. The lowest BCUT2D eigenvalue weighted by Gasteiger charge is -2.19. The van der Waals surface area contributed by atoms with E-state index in [1.54, 1.807) is 6.07 Å². The maximum absolute atomic E-state index is 13.8. The van der Waals surface area contributed by atoms with E-state index in [0.29, 0.717) is 11.5 Å². The Morgan fingerprint density at radius 3 is 2.36 bits per heavy atom. The molecule has 0 radical (unpaired) electrons. The highest BCUT2D eigenvalue weighted by atomic mass is 79.9. The van der Waals surface area contributed by atoms with Gasteiger partial charge in [0.05, 0.1) is 8.07 Å². The zero-order valence-electron chi connectivity index (χ0n) is 8.40. The number of halogens is 2. The molecule has 0 aliphatic carbocycles. The summed E-state index contributed by atoms with van der Waals surface area (Å²) in [6.07, 6.45) is 0.561. The molecule has 1 nitrogen and oxygen atoms in total. The van der Waals surface area contributed by atoms with Gasteiger partial charge in [0.15, 0.2) is 6.29 Å². The van der Waals surface area contributed by atoms with Crippen LogP contribution in [0.4, 0.5) is 4.39 Å². The Bertz CT molecular complexity index is 371. The van der Waals surface area contributed by atoms with Crippen molar-refractivity contribution in [3.8, 4) is 0 Å². The Labute approximate surface area is 92.5 Å². The molecular formula is C10H12BrFOSi. The van der Waals surface area contributed by atoms with Crippen LogP contribution in [0.15, 0.2) is 16.6 Å². The van der Waals surface area contributed by atoms with Gasteiger partial charge in [0.2, 0.25) is 0 Å². The molecule has 0 atom stereocenters. The summed E-state index contributed by atoms with van der Waals surface area (Å²) in [6.45, 7) is 6.14. The minimum atomic E-state index is -1.75. The van der Waals surface area contributed by atoms with Gasteiger partial charge in [0, 0.05) is 10.0 Å². The maximum atomic E-state index is 13.8. The van der Waals surface area contributed by atoms with Crippen LogP contribution in [0, 0.1) is 5.82 Å². The van der Waals surface area contributed by atoms with Crippen molar-refractivity contribution in [3.63, 3.8) is 0 Å². The van der Waals surface area contributed by atoms with Gasteiger partial charge in [-0.3, -0.25) is 4.79 Å². The summed E-state index contributed by atoms with van der Waals surface area (Å²) in [5.41, 5.74) is 0.144. The largest absolute Gasteiger partial charge is 0.298 e. The summed E-state index contributed by atoms with van der Waals surface area (Å²) in [4.78, 5) is 10.6. The fourth-order valence-electron chi connectivity index (χ4n) is 1.35. The van der Waals surface area contributed by atoms with E-state index in [4.69, 9.17) is 0 Å². The smallest absolute Gasteiger partial charge is 0.152 e. The molecule has 1 rings (SSSR count). The Kier molecular flexibility index (Phi) is 3.27. The molecule has 76 valence electrons. The van der Waals surface area contributed by atoms with Crippen LogP contribution in [0.3, 0.4) is 0 Å².